The Morgan fingerprint density at radius 2 is 1.88 bits per heavy atom. The van der Waals surface area contributed by atoms with Crippen LogP contribution in [0.25, 0.3) is 6.08 Å². The van der Waals surface area contributed by atoms with Gasteiger partial charge in [-0.05, 0) is 30.4 Å². The maximum atomic E-state index is 9.34. The van der Waals surface area contributed by atoms with Gasteiger partial charge in [-0.15, -0.1) is 11.6 Å². The fourth-order valence-electron chi connectivity index (χ4n) is 1.33. The average molecular weight is 239 g/mol. The van der Waals surface area contributed by atoms with Crippen LogP contribution in [0.4, 0.5) is 0 Å². The van der Waals surface area contributed by atoms with Crippen molar-refractivity contribution in [2.75, 3.05) is 0 Å². The second kappa shape index (κ2) is 6.72. The van der Waals surface area contributed by atoms with Crippen molar-refractivity contribution in [3.63, 3.8) is 0 Å². The molecule has 0 bridgehead atoms. The summed E-state index contributed by atoms with van der Waals surface area (Å²) >= 11 is 5.71. The molecule has 0 heterocycles. The van der Waals surface area contributed by atoms with Crippen molar-refractivity contribution < 1.29 is 5.11 Å². The number of aliphatic hydroxyl groups excluding tert-OH is 1. The third kappa shape index (κ3) is 4.38. The summed E-state index contributed by atoms with van der Waals surface area (Å²) in [5.41, 5.74) is 2.31. The van der Waals surface area contributed by atoms with E-state index in [1.165, 1.54) is 5.56 Å². The first-order valence-electron chi connectivity index (χ1n) is 5.63. The summed E-state index contributed by atoms with van der Waals surface area (Å²) in [6, 6.07) is 8.18. The first-order chi connectivity index (χ1) is 7.63. The molecular weight excluding hydrogens is 220 g/mol. The largest absolute Gasteiger partial charge is 0.393 e. The Balaban J connectivity index is 2.49. The van der Waals surface area contributed by atoms with Crippen LogP contribution in [0.2, 0.25) is 0 Å². The predicted molar refractivity (Wildman–Crippen MR) is 70.5 cm³/mol. The van der Waals surface area contributed by atoms with Gasteiger partial charge in [-0.2, -0.15) is 0 Å². The van der Waals surface area contributed by atoms with E-state index in [9.17, 15) is 5.11 Å². The lowest BCUT2D eigenvalue weighted by Crippen LogP contribution is -2.11. The smallest absolute Gasteiger partial charge is 0.0540 e. The normalized spacial score (nSPS) is 15.2. The molecule has 88 valence electrons. The molecule has 0 radical (unpaired) electrons. The van der Waals surface area contributed by atoms with E-state index >= 15 is 0 Å². The summed E-state index contributed by atoms with van der Waals surface area (Å²) in [4.78, 5) is 0. The summed E-state index contributed by atoms with van der Waals surface area (Å²) < 4.78 is 0. The second-order valence-electron chi connectivity index (χ2n) is 4.23. The molecule has 0 aliphatic heterocycles. The van der Waals surface area contributed by atoms with Crippen molar-refractivity contribution in [2.24, 2.45) is 5.92 Å². The molecule has 1 aromatic carbocycles. The summed E-state index contributed by atoms with van der Waals surface area (Å²) in [5.74, 6) is 0.863. The maximum absolute atomic E-state index is 9.34. The number of hydrogen-bond acceptors (Lipinski definition) is 1. The fraction of sp³-hybridized carbons (Fsp3) is 0.429. The molecule has 0 aliphatic carbocycles. The number of allylic oxidation sites excluding steroid dienone is 1. The Bertz CT molecular complexity index is 327. The molecule has 1 aromatic rings. The van der Waals surface area contributed by atoms with Gasteiger partial charge < -0.3 is 5.11 Å². The van der Waals surface area contributed by atoms with Gasteiger partial charge >= 0.3 is 0 Å². The van der Waals surface area contributed by atoms with Crippen LogP contribution in [-0.4, -0.2) is 11.2 Å². The van der Waals surface area contributed by atoms with E-state index in [0.29, 0.717) is 11.8 Å². The third-order valence-corrected chi connectivity index (χ3v) is 3.08. The highest BCUT2D eigenvalue weighted by Gasteiger charge is 2.05. The molecule has 0 saturated heterocycles. The van der Waals surface area contributed by atoms with E-state index in [1.807, 2.05) is 26.0 Å². The molecule has 1 N–H and O–H groups in total. The molecule has 2 heteroatoms. The molecule has 0 aliphatic rings. The molecule has 1 rings (SSSR count). The number of alkyl halides is 1. The van der Waals surface area contributed by atoms with E-state index in [4.69, 9.17) is 11.6 Å². The van der Waals surface area contributed by atoms with E-state index in [2.05, 4.69) is 24.3 Å². The van der Waals surface area contributed by atoms with E-state index in [0.717, 1.165) is 12.0 Å². The summed E-state index contributed by atoms with van der Waals surface area (Å²) in [7, 11) is 0. The van der Waals surface area contributed by atoms with Gasteiger partial charge in [0.25, 0.3) is 0 Å². The highest BCUT2D eigenvalue weighted by Crippen LogP contribution is 2.12. The minimum absolute atomic E-state index is 0.247. The third-order valence-electron chi connectivity index (χ3n) is 2.78. The molecule has 0 aromatic heterocycles. The molecule has 0 saturated carbocycles. The first-order valence-corrected chi connectivity index (χ1v) is 6.16. The molecule has 0 fully saturated rings. The Kier molecular flexibility index (Phi) is 5.58. The van der Waals surface area contributed by atoms with Crippen LogP contribution in [0, 0.1) is 5.92 Å². The van der Waals surface area contributed by atoms with Crippen molar-refractivity contribution in [3.8, 4) is 0 Å². The molecule has 1 nitrogen and oxygen atoms in total. The lowest BCUT2D eigenvalue weighted by atomic mass is 10.0. The van der Waals surface area contributed by atoms with Gasteiger partial charge in [-0.3, -0.25) is 0 Å². The van der Waals surface area contributed by atoms with Crippen LogP contribution < -0.4 is 0 Å². The van der Waals surface area contributed by atoms with Crippen molar-refractivity contribution >= 4 is 17.7 Å². The zero-order chi connectivity index (χ0) is 12.0. The lowest BCUT2D eigenvalue weighted by molar-refractivity contribution is 0.136. The zero-order valence-electron chi connectivity index (χ0n) is 9.86. The lowest BCUT2D eigenvalue weighted by Gasteiger charge is -2.11. The minimum atomic E-state index is -0.247. The Morgan fingerprint density at radius 3 is 2.38 bits per heavy atom. The van der Waals surface area contributed by atoms with E-state index in [1.54, 1.807) is 0 Å². The first kappa shape index (κ1) is 13.3. The van der Waals surface area contributed by atoms with E-state index < -0.39 is 0 Å². The Morgan fingerprint density at radius 1 is 1.25 bits per heavy atom. The number of aliphatic hydroxyl groups is 1. The Labute approximate surface area is 103 Å². The predicted octanol–water partition coefficient (Wildman–Crippen LogP) is 3.85. The highest BCUT2D eigenvalue weighted by atomic mass is 35.5. The van der Waals surface area contributed by atoms with Crippen LogP contribution in [0.15, 0.2) is 30.3 Å². The standard InChI is InChI=1S/C14H19ClO/c1-11(12(2)16)4-3-5-13-6-8-14(10-15)9-7-13/h3,5-9,11-12,16H,4,10H2,1-2H3/b5-3+/t11-,12+/m1/s1. The topological polar surface area (TPSA) is 20.2 Å². The van der Waals surface area contributed by atoms with Crippen LogP contribution in [0.3, 0.4) is 0 Å². The van der Waals surface area contributed by atoms with Crippen molar-refractivity contribution in [1.82, 2.24) is 0 Å². The Hall–Kier alpha value is -0.790. The van der Waals surface area contributed by atoms with Crippen LogP contribution in [-0.2, 0) is 5.88 Å². The minimum Gasteiger partial charge on any atom is -0.393 e. The molecule has 0 spiro atoms. The molecule has 2 atom stereocenters. The molecular formula is C14H19ClO. The van der Waals surface area contributed by atoms with Crippen LogP contribution in [0.1, 0.15) is 31.4 Å². The van der Waals surface area contributed by atoms with Crippen LogP contribution >= 0.6 is 11.6 Å². The van der Waals surface area contributed by atoms with Gasteiger partial charge in [-0.1, -0.05) is 43.3 Å². The monoisotopic (exact) mass is 238 g/mol. The summed E-state index contributed by atoms with van der Waals surface area (Å²) in [6.45, 7) is 3.87. The number of halogens is 1. The average Bonchev–Trinajstić information content (AvgIpc) is 2.29. The second-order valence-corrected chi connectivity index (χ2v) is 4.50. The molecule has 0 unspecified atom stereocenters. The SMILES string of the molecule is C[C@H](O)[C@H](C)C/C=C/c1ccc(CCl)cc1. The highest BCUT2D eigenvalue weighted by molar-refractivity contribution is 6.17. The number of hydrogen-bond donors (Lipinski definition) is 1. The van der Waals surface area contributed by atoms with Gasteiger partial charge in [0.15, 0.2) is 0 Å². The van der Waals surface area contributed by atoms with Gasteiger partial charge in [-0.25, -0.2) is 0 Å². The molecule has 0 amide bonds. The summed E-state index contributed by atoms with van der Waals surface area (Å²) in [5, 5.41) is 9.34. The van der Waals surface area contributed by atoms with Crippen molar-refractivity contribution in [3.05, 3.63) is 41.5 Å². The van der Waals surface area contributed by atoms with Gasteiger partial charge in [0.05, 0.1) is 6.10 Å². The van der Waals surface area contributed by atoms with Gasteiger partial charge in [0, 0.05) is 5.88 Å². The fourth-order valence-corrected chi connectivity index (χ4v) is 1.51. The van der Waals surface area contributed by atoms with Crippen molar-refractivity contribution in [1.29, 1.82) is 0 Å². The summed E-state index contributed by atoms with van der Waals surface area (Å²) in [6.07, 6.45) is 4.84. The number of benzene rings is 1. The van der Waals surface area contributed by atoms with Crippen molar-refractivity contribution in [2.45, 2.75) is 32.3 Å². The van der Waals surface area contributed by atoms with E-state index in [-0.39, 0.29) is 6.10 Å². The van der Waals surface area contributed by atoms with Gasteiger partial charge in [0.1, 0.15) is 0 Å². The quantitative estimate of drug-likeness (QED) is 0.773. The number of rotatable bonds is 5. The van der Waals surface area contributed by atoms with Gasteiger partial charge in [0.2, 0.25) is 0 Å². The maximum Gasteiger partial charge on any atom is 0.0540 e. The zero-order valence-corrected chi connectivity index (χ0v) is 10.6. The van der Waals surface area contributed by atoms with Crippen LogP contribution in [0.5, 0.6) is 0 Å². The molecule has 16 heavy (non-hydrogen) atoms.